The molecule has 0 aromatic heterocycles. The molecule has 0 unspecified atom stereocenters. The van der Waals surface area contributed by atoms with Crippen LogP contribution in [-0.2, 0) is 0 Å². The summed E-state index contributed by atoms with van der Waals surface area (Å²) in [5, 5.41) is 24.5. The average molecular weight is 359 g/mol. The number of anilines is 1. The van der Waals surface area contributed by atoms with Gasteiger partial charge in [0, 0.05) is 17.8 Å². The van der Waals surface area contributed by atoms with Crippen molar-refractivity contribution in [2.45, 2.75) is 20.3 Å². The molecule has 9 nitrogen and oxygen atoms in total. The van der Waals surface area contributed by atoms with E-state index in [0.717, 1.165) is 30.2 Å². The Morgan fingerprint density at radius 2 is 1.69 bits per heavy atom. The highest BCUT2D eigenvalue weighted by atomic mass is 16.6. The van der Waals surface area contributed by atoms with Gasteiger partial charge in [0.05, 0.1) is 28.1 Å². The number of amides is 1. The van der Waals surface area contributed by atoms with Crippen LogP contribution in [0.25, 0.3) is 0 Å². The lowest BCUT2D eigenvalue weighted by molar-refractivity contribution is -0.394. The van der Waals surface area contributed by atoms with Crippen molar-refractivity contribution in [2.75, 3.05) is 11.9 Å². The maximum atomic E-state index is 12.4. The molecule has 0 bridgehead atoms. The second kappa shape index (κ2) is 8.06. The third kappa shape index (κ3) is 4.53. The van der Waals surface area contributed by atoms with Crippen LogP contribution in [0.2, 0.25) is 0 Å². The molecule has 0 aliphatic rings. The van der Waals surface area contributed by atoms with Gasteiger partial charge < -0.3 is 10.1 Å². The van der Waals surface area contributed by atoms with E-state index in [0.29, 0.717) is 18.0 Å². The number of aryl methyl sites for hydroxylation is 1. The maximum Gasteiger partial charge on any atom is 0.277 e. The molecule has 9 heteroatoms. The van der Waals surface area contributed by atoms with Gasteiger partial charge >= 0.3 is 0 Å². The van der Waals surface area contributed by atoms with Gasteiger partial charge in [-0.3, -0.25) is 25.0 Å². The first kappa shape index (κ1) is 18.8. The van der Waals surface area contributed by atoms with E-state index < -0.39 is 27.1 Å². The number of nitro benzene ring substituents is 2. The van der Waals surface area contributed by atoms with E-state index in [2.05, 4.69) is 5.32 Å². The smallest absolute Gasteiger partial charge is 0.277 e. The summed E-state index contributed by atoms with van der Waals surface area (Å²) in [6.45, 7) is 4.33. The van der Waals surface area contributed by atoms with E-state index in [1.165, 1.54) is 0 Å². The normalized spacial score (nSPS) is 10.2. The number of nitrogens with zero attached hydrogens (tertiary/aromatic N) is 2. The number of carbonyl (C=O) groups excluding carboxylic acids is 1. The molecule has 2 aromatic rings. The summed E-state index contributed by atoms with van der Waals surface area (Å²) >= 11 is 0. The van der Waals surface area contributed by atoms with Gasteiger partial charge in [0.15, 0.2) is 0 Å². The summed E-state index contributed by atoms with van der Waals surface area (Å²) in [7, 11) is 0. The lowest BCUT2D eigenvalue weighted by atomic mass is 10.1. The molecule has 0 aliphatic heterocycles. The van der Waals surface area contributed by atoms with E-state index in [1.54, 1.807) is 25.1 Å². The molecule has 0 fully saturated rings. The highest BCUT2D eigenvalue weighted by Crippen LogP contribution is 2.25. The Hall–Kier alpha value is -3.49. The van der Waals surface area contributed by atoms with Crippen molar-refractivity contribution in [3.63, 3.8) is 0 Å². The van der Waals surface area contributed by atoms with Crippen molar-refractivity contribution in [1.29, 1.82) is 0 Å². The lowest BCUT2D eigenvalue weighted by Crippen LogP contribution is -2.13. The Bertz CT molecular complexity index is 833. The summed E-state index contributed by atoms with van der Waals surface area (Å²) in [4.78, 5) is 32.7. The molecule has 0 heterocycles. The number of hydrogen-bond acceptors (Lipinski definition) is 6. The minimum absolute atomic E-state index is 0.170. The van der Waals surface area contributed by atoms with Gasteiger partial charge in [0.2, 0.25) is 0 Å². The van der Waals surface area contributed by atoms with Crippen LogP contribution >= 0.6 is 0 Å². The number of hydrogen-bond donors (Lipinski definition) is 1. The number of non-ortho nitro benzene ring substituents is 2. The first-order valence-corrected chi connectivity index (χ1v) is 7.80. The van der Waals surface area contributed by atoms with Gasteiger partial charge in [-0.2, -0.15) is 0 Å². The van der Waals surface area contributed by atoms with E-state index in [9.17, 15) is 25.0 Å². The minimum atomic E-state index is -0.783. The van der Waals surface area contributed by atoms with Crippen molar-refractivity contribution < 1.29 is 19.4 Å². The predicted octanol–water partition coefficient (Wildman–Crippen LogP) is 3.85. The zero-order chi connectivity index (χ0) is 19.3. The Labute approximate surface area is 148 Å². The molecule has 0 spiro atoms. The molecule has 1 N–H and O–H groups in total. The fourth-order valence-electron chi connectivity index (χ4n) is 2.22. The Morgan fingerprint density at radius 1 is 1.08 bits per heavy atom. The fraction of sp³-hybridized carbons (Fsp3) is 0.235. The predicted molar refractivity (Wildman–Crippen MR) is 94.7 cm³/mol. The van der Waals surface area contributed by atoms with Crippen molar-refractivity contribution in [3.8, 4) is 5.75 Å². The van der Waals surface area contributed by atoms with Crippen LogP contribution in [0.15, 0.2) is 36.4 Å². The highest BCUT2D eigenvalue weighted by Gasteiger charge is 2.20. The molecule has 0 saturated heterocycles. The summed E-state index contributed by atoms with van der Waals surface area (Å²) < 4.78 is 5.50. The number of nitrogens with one attached hydrogen (secondary N) is 1. The Kier molecular flexibility index (Phi) is 5.84. The van der Waals surface area contributed by atoms with E-state index >= 15 is 0 Å². The quantitative estimate of drug-likeness (QED) is 0.591. The monoisotopic (exact) mass is 359 g/mol. The third-order valence-corrected chi connectivity index (χ3v) is 3.51. The third-order valence-electron chi connectivity index (χ3n) is 3.51. The second-order valence-electron chi connectivity index (χ2n) is 5.53. The van der Waals surface area contributed by atoms with Crippen molar-refractivity contribution in [2.24, 2.45) is 0 Å². The van der Waals surface area contributed by atoms with Crippen LogP contribution in [0, 0.1) is 27.2 Å². The number of ether oxygens (including phenoxy) is 1. The van der Waals surface area contributed by atoms with Crippen molar-refractivity contribution in [1.82, 2.24) is 0 Å². The standard InChI is InChI=1S/C17H17N3O6/c1-3-6-26-15-4-5-16(11(2)7-15)18-17(21)12-8-13(19(22)23)10-14(9-12)20(24)25/h4-5,7-10H,3,6H2,1-2H3,(H,18,21). The summed E-state index contributed by atoms with van der Waals surface area (Å²) in [6, 6.07) is 7.88. The molecule has 0 radical (unpaired) electrons. The van der Waals surface area contributed by atoms with Crippen molar-refractivity contribution in [3.05, 3.63) is 67.8 Å². The summed E-state index contributed by atoms with van der Waals surface area (Å²) in [6.07, 6.45) is 0.864. The second-order valence-corrected chi connectivity index (χ2v) is 5.53. The van der Waals surface area contributed by atoms with Crippen molar-refractivity contribution >= 4 is 23.0 Å². The summed E-state index contributed by atoms with van der Waals surface area (Å²) in [5.74, 6) is -0.0181. The van der Waals surface area contributed by atoms with Gasteiger partial charge in [-0.05, 0) is 37.1 Å². The fourth-order valence-corrected chi connectivity index (χ4v) is 2.22. The van der Waals surface area contributed by atoms with Crippen LogP contribution in [0.5, 0.6) is 5.75 Å². The molecule has 0 aliphatic carbocycles. The highest BCUT2D eigenvalue weighted by molar-refractivity contribution is 6.05. The molecule has 0 saturated carbocycles. The first-order valence-electron chi connectivity index (χ1n) is 7.80. The topological polar surface area (TPSA) is 125 Å². The van der Waals surface area contributed by atoms with Gasteiger partial charge in [0.25, 0.3) is 17.3 Å². The average Bonchev–Trinajstić information content (AvgIpc) is 2.61. The van der Waals surface area contributed by atoms with E-state index in [1.807, 2.05) is 6.92 Å². The van der Waals surface area contributed by atoms with Gasteiger partial charge in [0.1, 0.15) is 5.75 Å². The maximum absolute atomic E-state index is 12.4. The van der Waals surface area contributed by atoms with Crippen LogP contribution in [0.3, 0.4) is 0 Å². The lowest BCUT2D eigenvalue weighted by Gasteiger charge is -2.11. The zero-order valence-corrected chi connectivity index (χ0v) is 14.2. The van der Waals surface area contributed by atoms with Crippen LogP contribution in [-0.4, -0.2) is 22.4 Å². The van der Waals surface area contributed by atoms with Crippen LogP contribution in [0.1, 0.15) is 29.3 Å². The molecule has 2 rings (SSSR count). The number of nitro groups is 2. The number of rotatable bonds is 7. The van der Waals surface area contributed by atoms with Gasteiger partial charge in [-0.15, -0.1) is 0 Å². The number of benzene rings is 2. The van der Waals surface area contributed by atoms with Crippen LogP contribution in [0.4, 0.5) is 17.1 Å². The summed E-state index contributed by atoms with van der Waals surface area (Å²) in [5.41, 5.74) is -0.00901. The molecular weight excluding hydrogens is 342 g/mol. The molecule has 1 amide bonds. The van der Waals surface area contributed by atoms with Crippen LogP contribution < -0.4 is 10.1 Å². The largest absolute Gasteiger partial charge is 0.494 e. The molecule has 26 heavy (non-hydrogen) atoms. The molecule has 136 valence electrons. The Morgan fingerprint density at radius 3 is 2.19 bits per heavy atom. The Balaban J connectivity index is 2.27. The zero-order valence-electron chi connectivity index (χ0n) is 14.2. The van der Waals surface area contributed by atoms with E-state index in [-0.39, 0.29) is 5.56 Å². The van der Waals surface area contributed by atoms with E-state index in [4.69, 9.17) is 4.74 Å². The molecule has 2 aromatic carbocycles. The molecular formula is C17H17N3O6. The van der Waals surface area contributed by atoms with Gasteiger partial charge in [-0.1, -0.05) is 6.92 Å². The SMILES string of the molecule is CCCOc1ccc(NC(=O)c2cc([N+](=O)[O-])cc([N+](=O)[O-])c2)c(C)c1. The minimum Gasteiger partial charge on any atom is -0.494 e. The number of carbonyl (C=O) groups is 1. The first-order chi connectivity index (χ1) is 12.3. The molecule has 0 atom stereocenters. The van der Waals surface area contributed by atoms with Gasteiger partial charge in [-0.25, -0.2) is 0 Å².